The molecule has 2 amide bonds. The highest BCUT2D eigenvalue weighted by Crippen LogP contribution is 2.53. The first-order valence-corrected chi connectivity index (χ1v) is 25.8. The van der Waals surface area contributed by atoms with Crippen molar-refractivity contribution in [2.24, 2.45) is 24.3 Å². The van der Waals surface area contributed by atoms with E-state index >= 15 is 0 Å². The number of aryl methyl sites for hydroxylation is 2. The number of sulfone groups is 1. The first kappa shape index (κ1) is 45.9. The Kier molecular flexibility index (Phi) is 11.9. The lowest BCUT2D eigenvalue weighted by Crippen LogP contribution is -2.52. The lowest BCUT2D eigenvalue weighted by Gasteiger charge is -2.52. The first-order chi connectivity index (χ1) is 31.9. The number of carbonyl (C=O) groups excluding carboxylic acids is 2. The van der Waals surface area contributed by atoms with E-state index in [1.54, 1.807) is 36.7 Å². The highest BCUT2D eigenvalue weighted by atomic mass is 32.2. The van der Waals surface area contributed by atoms with E-state index in [4.69, 9.17) is 0 Å². The molecule has 5 heterocycles. The number of amides is 2. The zero-order valence-corrected chi connectivity index (χ0v) is 39.1. The molecule has 1 unspecified atom stereocenters. The van der Waals surface area contributed by atoms with E-state index in [1.165, 1.54) is 4.57 Å². The van der Waals surface area contributed by atoms with Gasteiger partial charge >= 0.3 is 11.9 Å². The summed E-state index contributed by atoms with van der Waals surface area (Å²) in [5.41, 5.74) is 1.58. The molecule has 18 heteroatoms. The number of rotatable bonds is 10. The van der Waals surface area contributed by atoms with Gasteiger partial charge in [-0.1, -0.05) is 12.5 Å². The van der Waals surface area contributed by atoms with Crippen molar-refractivity contribution in [1.29, 1.82) is 0 Å². The van der Waals surface area contributed by atoms with Crippen LogP contribution in [0.25, 0.3) is 11.0 Å². The van der Waals surface area contributed by atoms with E-state index in [2.05, 4.69) is 30.4 Å². The number of imidazole rings is 1. The predicted octanol–water partition coefficient (Wildman–Crippen LogP) is 7.30. The highest BCUT2D eigenvalue weighted by molar-refractivity contribution is 7.92. The number of likely N-dealkylation sites (tertiary alicyclic amines) is 1. The van der Waals surface area contributed by atoms with Crippen molar-refractivity contribution < 1.29 is 36.3 Å². The largest absolute Gasteiger partial charge is 0.419 e. The molecule has 0 radical (unpaired) electrons. The molecule has 6 aliphatic rings. The van der Waals surface area contributed by atoms with Gasteiger partial charge in [0.25, 0.3) is 0 Å². The van der Waals surface area contributed by atoms with Gasteiger partial charge in [0.2, 0.25) is 17.8 Å². The smallest absolute Gasteiger partial charge is 0.390 e. The van der Waals surface area contributed by atoms with Gasteiger partial charge in [0.05, 0.1) is 43.7 Å². The standard InChI is InChI=1S/C49H61F3N8O6S/c1-30-25-34(9-10-37(30)54-45-53-28-36(49(50,51)52)42(56-45)32-13-17-48(64,18-14-32)33-5-3-6-33)67(65,66)35-26-47(27-35)19-23-58(24-20-47)29-31-15-21-59(22-16-31)38-7-4-8-39-43(38)57(2)46(63)60(39)40-11-12-41(61)55-44(40)62/h4,7-10,25,28,31-33,35,40,64H,3,5-6,11-24,26-27,29H2,1-2H3,(H,53,54,56)(H,55,61,62). The Morgan fingerprint density at radius 1 is 0.925 bits per heavy atom. The summed E-state index contributed by atoms with van der Waals surface area (Å²) in [7, 11) is -1.88. The molecule has 3 aliphatic carbocycles. The molecule has 10 rings (SSSR count). The average molecular weight is 947 g/mol. The molecule has 14 nitrogen and oxygen atoms in total. The fourth-order valence-electron chi connectivity index (χ4n) is 12.4. The number of aliphatic hydroxyl groups is 1. The van der Waals surface area contributed by atoms with Crippen LogP contribution in [0.4, 0.5) is 30.5 Å². The van der Waals surface area contributed by atoms with Crippen LogP contribution in [0.15, 0.2) is 52.3 Å². The molecule has 3 saturated heterocycles. The van der Waals surface area contributed by atoms with Crippen LogP contribution in [0.3, 0.4) is 0 Å². The van der Waals surface area contributed by atoms with Gasteiger partial charge in [-0.2, -0.15) is 13.2 Å². The van der Waals surface area contributed by atoms with Gasteiger partial charge in [-0.25, -0.2) is 23.2 Å². The van der Waals surface area contributed by atoms with Gasteiger partial charge in [0.15, 0.2) is 9.84 Å². The number of benzene rings is 2. The summed E-state index contributed by atoms with van der Waals surface area (Å²) in [5, 5.41) is 16.2. The van der Waals surface area contributed by atoms with Crippen LogP contribution in [0, 0.1) is 24.2 Å². The Bertz CT molecular complexity index is 2740. The molecule has 3 N–H and O–H groups in total. The SMILES string of the molecule is Cc1cc(S(=O)(=O)C2CC3(CCN(CC4CCN(c5cccc6c5n(C)c(=O)n6C5CCC(=O)NC5=O)CC4)CC3)C2)ccc1Nc1ncc(C(F)(F)F)c(C2CCC(O)(C3CCC3)CC2)n1. The minimum Gasteiger partial charge on any atom is -0.390 e. The van der Waals surface area contributed by atoms with E-state index < -0.39 is 50.3 Å². The quantitative estimate of drug-likeness (QED) is 0.136. The van der Waals surface area contributed by atoms with Gasteiger partial charge in [-0.3, -0.25) is 24.0 Å². The van der Waals surface area contributed by atoms with Gasteiger partial charge in [0, 0.05) is 50.9 Å². The maximum Gasteiger partial charge on any atom is 0.419 e. The summed E-state index contributed by atoms with van der Waals surface area (Å²) in [6.45, 7) is 6.30. The zero-order valence-electron chi connectivity index (χ0n) is 38.3. The predicted molar refractivity (Wildman–Crippen MR) is 247 cm³/mol. The lowest BCUT2D eigenvalue weighted by atomic mass is 9.63. The Morgan fingerprint density at radius 2 is 1.64 bits per heavy atom. The molecule has 6 fully saturated rings. The van der Waals surface area contributed by atoms with E-state index in [-0.39, 0.29) is 52.3 Å². The number of alkyl halides is 3. The topological polar surface area (TPSA) is 172 Å². The molecule has 3 aliphatic heterocycles. The van der Waals surface area contributed by atoms with E-state index in [1.807, 2.05) is 18.2 Å². The number of hydrogen-bond donors (Lipinski definition) is 3. The Labute approximate surface area is 388 Å². The van der Waals surface area contributed by atoms with E-state index in [0.29, 0.717) is 61.2 Å². The summed E-state index contributed by atoms with van der Waals surface area (Å²) < 4.78 is 73.6. The fraction of sp³-hybridized carbons (Fsp3) is 0.612. The number of para-hydroxylation sites is 1. The first-order valence-electron chi connectivity index (χ1n) is 24.2. The second kappa shape index (κ2) is 17.3. The van der Waals surface area contributed by atoms with E-state index in [9.17, 15) is 41.1 Å². The number of nitrogens with zero attached hydrogens (tertiary/aromatic N) is 6. The van der Waals surface area contributed by atoms with Crippen LogP contribution in [0.1, 0.15) is 125 Å². The van der Waals surface area contributed by atoms with Crippen LogP contribution >= 0.6 is 0 Å². The number of imide groups is 1. The maximum absolute atomic E-state index is 14.2. The van der Waals surface area contributed by atoms with Gasteiger partial charge < -0.3 is 20.2 Å². The van der Waals surface area contributed by atoms with Crippen LogP contribution in [0.2, 0.25) is 0 Å². The van der Waals surface area contributed by atoms with Crippen LogP contribution in [-0.2, 0) is 32.7 Å². The molecule has 4 aromatic rings. The number of halogens is 3. The van der Waals surface area contributed by atoms with Crippen LogP contribution in [0.5, 0.6) is 0 Å². The summed E-state index contributed by atoms with van der Waals surface area (Å²) in [4.78, 5) is 51.6. The number of piperidine rings is 3. The number of fused-ring (bicyclic) bond motifs is 1. The third kappa shape index (κ3) is 8.57. The molecule has 1 spiro atoms. The van der Waals surface area contributed by atoms with Crippen molar-refractivity contribution in [3.05, 3.63) is 69.9 Å². The minimum atomic E-state index is -4.62. The number of hydrogen-bond acceptors (Lipinski definition) is 11. The Balaban J connectivity index is 0.719. The van der Waals surface area contributed by atoms with Crippen molar-refractivity contribution in [1.82, 2.24) is 29.3 Å². The Hall–Kier alpha value is -4.81. The molecular weight excluding hydrogens is 886 g/mol. The summed E-state index contributed by atoms with van der Waals surface area (Å²) in [6.07, 6.45) is 6.58. The van der Waals surface area contributed by atoms with Crippen molar-refractivity contribution in [2.75, 3.05) is 42.9 Å². The Morgan fingerprint density at radius 3 is 2.28 bits per heavy atom. The highest BCUT2D eigenvalue weighted by Gasteiger charge is 2.51. The number of carbonyl (C=O) groups is 2. The molecular formula is C49H61F3N8O6S. The van der Waals surface area contributed by atoms with Crippen LogP contribution in [-0.4, -0.2) is 92.9 Å². The average Bonchev–Trinajstić information content (AvgIpc) is 3.51. The summed E-state index contributed by atoms with van der Waals surface area (Å²) >= 11 is 0. The normalized spacial score (nSPS) is 25.9. The summed E-state index contributed by atoms with van der Waals surface area (Å²) in [5.74, 6) is -0.471. The third-order valence-corrected chi connectivity index (χ3v) is 18.9. The number of aromatic nitrogens is 4. The number of nitrogens with one attached hydrogen (secondary N) is 2. The zero-order chi connectivity index (χ0) is 47.0. The second-order valence-electron chi connectivity index (χ2n) is 20.7. The van der Waals surface area contributed by atoms with Gasteiger partial charge in [-0.05, 0) is 157 Å². The van der Waals surface area contributed by atoms with Crippen molar-refractivity contribution in [3.63, 3.8) is 0 Å². The molecule has 3 saturated carbocycles. The number of anilines is 3. The maximum atomic E-state index is 14.2. The van der Waals surface area contributed by atoms with Crippen molar-refractivity contribution in [2.45, 2.75) is 137 Å². The third-order valence-electron chi connectivity index (χ3n) is 16.8. The molecule has 67 heavy (non-hydrogen) atoms. The molecule has 2 aromatic carbocycles. The van der Waals surface area contributed by atoms with Crippen molar-refractivity contribution in [3.8, 4) is 0 Å². The van der Waals surface area contributed by atoms with E-state index in [0.717, 1.165) is 95.1 Å². The fourth-order valence-corrected chi connectivity index (χ4v) is 14.5. The minimum absolute atomic E-state index is 0.0127. The molecule has 1 atom stereocenters. The van der Waals surface area contributed by atoms with Gasteiger partial charge in [-0.15, -0.1) is 0 Å². The lowest BCUT2D eigenvalue weighted by molar-refractivity contribution is -0.139. The van der Waals surface area contributed by atoms with Gasteiger partial charge in [0.1, 0.15) is 6.04 Å². The summed E-state index contributed by atoms with van der Waals surface area (Å²) in [6, 6.07) is 9.93. The molecule has 360 valence electrons. The molecule has 2 aromatic heterocycles. The monoisotopic (exact) mass is 946 g/mol. The van der Waals surface area contributed by atoms with Crippen LogP contribution < -0.4 is 21.2 Å². The second-order valence-corrected chi connectivity index (χ2v) is 23.0. The molecule has 0 bridgehead atoms. The van der Waals surface area contributed by atoms with Crippen molar-refractivity contribution >= 4 is 50.0 Å².